The first-order valence-electron chi connectivity index (χ1n) is 8.54. The number of hydrogen-bond acceptors (Lipinski definition) is 5. The van der Waals surface area contributed by atoms with Crippen molar-refractivity contribution in [1.29, 1.82) is 0 Å². The van der Waals surface area contributed by atoms with Gasteiger partial charge in [0.2, 0.25) is 0 Å². The normalized spacial score (nSPS) is 10.6. The van der Waals surface area contributed by atoms with Crippen LogP contribution in [0, 0.1) is 11.6 Å². The maximum Gasteiger partial charge on any atom is 0.256 e. The van der Waals surface area contributed by atoms with E-state index in [1.807, 2.05) is 38.1 Å². The lowest BCUT2D eigenvalue weighted by molar-refractivity contribution is 0.102. The van der Waals surface area contributed by atoms with Gasteiger partial charge in [-0.15, -0.1) is 10.2 Å². The minimum Gasteiger partial charge on any atom is -0.491 e. The van der Waals surface area contributed by atoms with Crippen molar-refractivity contribution < 1.29 is 18.3 Å². The second-order valence-corrected chi connectivity index (χ2v) is 6.20. The maximum absolute atomic E-state index is 13.2. The van der Waals surface area contributed by atoms with Crippen molar-refractivity contribution in [3.05, 3.63) is 71.8 Å². The molecule has 0 aliphatic rings. The molecule has 0 saturated heterocycles. The number of ether oxygens (including phenoxy) is 1. The minimum atomic E-state index is -1.09. The highest BCUT2D eigenvalue weighted by atomic mass is 19.2. The lowest BCUT2D eigenvalue weighted by atomic mass is 10.2. The van der Waals surface area contributed by atoms with Crippen molar-refractivity contribution >= 4 is 23.2 Å². The summed E-state index contributed by atoms with van der Waals surface area (Å²) in [4.78, 5) is 12.1. The Bertz CT molecular complexity index is 961. The van der Waals surface area contributed by atoms with Gasteiger partial charge in [0.05, 0.1) is 6.10 Å². The SMILES string of the molecule is CC(C)Oc1ccc(Nc2ccc(NC(=O)c3ccc(F)c(F)c3)nn2)cc1. The Morgan fingerprint density at radius 3 is 2.21 bits per heavy atom. The highest BCUT2D eigenvalue weighted by Crippen LogP contribution is 2.20. The summed E-state index contributed by atoms with van der Waals surface area (Å²) in [7, 11) is 0. The summed E-state index contributed by atoms with van der Waals surface area (Å²) < 4.78 is 31.8. The van der Waals surface area contributed by atoms with Gasteiger partial charge in [-0.1, -0.05) is 0 Å². The first kappa shape index (κ1) is 19.2. The van der Waals surface area contributed by atoms with Crippen molar-refractivity contribution in [3.63, 3.8) is 0 Å². The van der Waals surface area contributed by atoms with Crippen LogP contribution in [-0.4, -0.2) is 22.2 Å². The van der Waals surface area contributed by atoms with Crippen LogP contribution in [0.1, 0.15) is 24.2 Å². The molecule has 8 heteroatoms. The summed E-state index contributed by atoms with van der Waals surface area (Å²) >= 11 is 0. The predicted octanol–water partition coefficient (Wildman–Crippen LogP) is 4.54. The van der Waals surface area contributed by atoms with E-state index in [1.165, 1.54) is 6.07 Å². The molecule has 1 amide bonds. The number of anilines is 3. The molecule has 28 heavy (non-hydrogen) atoms. The molecule has 0 spiro atoms. The topological polar surface area (TPSA) is 76.1 Å². The van der Waals surface area contributed by atoms with Gasteiger partial charge in [0.15, 0.2) is 23.3 Å². The van der Waals surface area contributed by atoms with E-state index in [0.717, 1.165) is 23.6 Å². The molecule has 2 N–H and O–H groups in total. The summed E-state index contributed by atoms with van der Waals surface area (Å²) in [6.07, 6.45) is 0.0961. The van der Waals surface area contributed by atoms with Gasteiger partial charge in [-0.2, -0.15) is 0 Å². The van der Waals surface area contributed by atoms with E-state index in [1.54, 1.807) is 12.1 Å². The molecular weight excluding hydrogens is 366 g/mol. The highest BCUT2D eigenvalue weighted by Gasteiger charge is 2.11. The van der Waals surface area contributed by atoms with Crippen LogP contribution in [-0.2, 0) is 0 Å². The zero-order chi connectivity index (χ0) is 20.1. The third-order valence-electron chi connectivity index (χ3n) is 3.59. The van der Waals surface area contributed by atoms with Crippen molar-refractivity contribution in [2.45, 2.75) is 20.0 Å². The number of amides is 1. The van der Waals surface area contributed by atoms with E-state index in [9.17, 15) is 13.6 Å². The molecule has 144 valence electrons. The molecule has 0 saturated carbocycles. The fourth-order valence-electron chi connectivity index (χ4n) is 2.33. The first-order chi connectivity index (χ1) is 13.4. The van der Waals surface area contributed by atoms with Crippen LogP contribution in [0.25, 0.3) is 0 Å². The molecule has 0 radical (unpaired) electrons. The third kappa shape index (κ3) is 5.00. The standard InChI is InChI=1S/C20H18F2N4O2/c1-12(2)28-15-6-4-14(5-7-15)23-18-9-10-19(26-25-18)24-20(27)13-3-8-16(21)17(22)11-13/h3-12H,1-2H3,(H,23,25)(H,24,26,27). The van der Waals surface area contributed by atoms with Crippen molar-refractivity contribution in [1.82, 2.24) is 10.2 Å². The first-order valence-corrected chi connectivity index (χ1v) is 8.54. The van der Waals surface area contributed by atoms with Gasteiger partial charge in [-0.05, 0) is 68.4 Å². The van der Waals surface area contributed by atoms with Gasteiger partial charge in [0.1, 0.15) is 5.75 Å². The molecular formula is C20H18F2N4O2. The fourth-order valence-corrected chi connectivity index (χ4v) is 2.33. The molecule has 3 aromatic rings. The minimum absolute atomic E-state index is 0.0217. The van der Waals surface area contributed by atoms with Gasteiger partial charge >= 0.3 is 0 Å². The third-order valence-corrected chi connectivity index (χ3v) is 3.59. The molecule has 0 fully saturated rings. The molecule has 1 aromatic heterocycles. The number of hydrogen-bond donors (Lipinski definition) is 2. The average molecular weight is 384 g/mol. The van der Waals surface area contributed by atoms with Crippen LogP contribution >= 0.6 is 0 Å². The number of carbonyl (C=O) groups is 1. The van der Waals surface area contributed by atoms with E-state index >= 15 is 0 Å². The van der Waals surface area contributed by atoms with Crippen LogP contribution < -0.4 is 15.4 Å². The molecule has 0 atom stereocenters. The molecule has 6 nitrogen and oxygen atoms in total. The monoisotopic (exact) mass is 384 g/mol. The Labute approximate surface area is 160 Å². The van der Waals surface area contributed by atoms with Gasteiger partial charge in [-0.25, -0.2) is 8.78 Å². The van der Waals surface area contributed by atoms with Crippen LogP contribution in [0.3, 0.4) is 0 Å². The Hall–Kier alpha value is -3.55. The number of carbonyl (C=O) groups excluding carboxylic acids is 1. The summed E-state index contributed by atoms with van der Waals surface area (Å²) in [6.45, 7) is 3.91. The summed E-state index contributed by atoms with van der Waals surface area (Å²) in [5.74, 6) is -1.31. The van der Waals surface area contributed by atoms with Gasteiger partial charge in [-0.3, -0.25) is 4.79 Å². The zero-order valence-corrected chi connectivity index (χ0v) is 15.2. The van der Waals surface area contributed by atoms with Crippen molar-refractivity contribution in [2.75, 3.05) is 10.6 Å². The maximum atomic E-state index is 13.2. The molecule has 3 rings (SSSR count). The van der Waals surface area contributed by atoms with Gasteiger partial charge in [0.25, 0.3) is 5.91 Å². The highest BCUT2D eigenvalue weighted by molar-refractivity contribution is 6.03. The van der Waals surface area contributed by atoms with E-state index in [4.69, 9.17) is 4.74 Å². The van der Waals surface area contributed by atoms with Gasteiger partial charge < -0.3 is 15.4 Å². The summed E-state index contributed by atoms with van der Waals surface area (Å²) in [5.41, 5.74) is 0.774. The quantitative estimate of drug-likeness (QED) is 0.653. The molecule has 0 aliphatic heterocycles. The van der Waals surface area contributed by atoms with E-state index in [0.29, 0.717) is 5.82 Å². The average Bonchev–Trinajstić information content (AvgIpc) is 2.66. The summed E-state index contributed by atoms with van der Waals surface area (Å²) in [6, 6.07) is 13.4. The number of rotatable bonds is 6. The second kappa shape index (κ2) is 8.43. The lowest BCUT2D eigenvalue weighted by Gasteiger charge is -2.11. The largest absolute Gasteiger partial charge is 0.491 e. The van der Waals surface area contributed by atoms with Crippen molar-refractivity contribution in [3.8, 4) is 5.75 Å². The van der Waals surface area contributed by atoms with Crippen molar-refractivity contribution in [2.24, 2.45) is 0 Å². The van der Waals surface area contributed by atoms with Gasteiger partial charge in [0, 0.05) is 11.3 Å². The second-order valence-electron chi connectivity index (χ2n) is 6.20. The van der Waals surface area contributed by atoms with Crippen LogP contribution in [0.5, 0.6) is 5.75 Å². The number of benzene rings is 2. The number of nitrogens with one attached hydrogen (secondary N) is 2. The lowest BCUT2D eigenvalue weighted by Crippen LogP contribution is -2.14. The molecule has 0 bridgehead atoms. The Kier molecular flexibility index (Phi) is 5.78. The van der Waals surface area contributed by atoms with E-state index in [-0.39, 0.29) is 17.5 Å². The summed E-state index contributed by atoms with van der Waals surface area (Å²) in [5, 5.41) is 13.4. The fraction of sp³-hybridized carbons (Fsp3) is 0.150. The Balaban J connectivity index is 1.61. The van der Waals surface area contributed by atoms with Crippen LogP contribution in [0.15, 0.2) is 54.6 Å². The molecule has 2 aromatic carbocycles. The molecule has 0 unspecified atom stereocenters. The zero-order valence-electron chi connectivity index (χ0n) is 15.2. The number of aromatic nitrogens is 2. The van der Waals surface area contributed by atoms with Crippen LogP contribution in [0.4, 0.5) is 26.1 Å². The van der Waals surface area contributed by atoms with E-state index in [2.05, 4.69) is 20.8 Å². The number of halogens is 2. The Morgan fingerprint density at radius 2 is 1.61 bits per heavy atom. The predicted molar refractivity (Wildman–Crippen MR) is 102 cm³/mol. The smallest absolute Gasteiger partial charge is 0.256 e. The number of nitrogens with zero attached hydrogens (tertiary/aromatic N) is 2. The molecule has 1 heterocycles. The van der Waals surface area contributed by atoms with E-state index < -0.39 is 17.5 Å². The molecule has 0 aliphatic carbocycles. The van der Waals surface area contributed by atoms with Crippen LogP contribution in [0.2, 0.25) is 0 Å². The Morgan fingerprint density at radius 1 is 0.929 bits per heavy atom.